The van der Waals surface area contributed by atoms with Gasteiger partial charge in [-0.1, -0.05) is 19.3 Å². The van der Waals surface area contributed by atoms with Gasteiger partial charge in [0, 0.05) is 23.3 Å². The van der Waals surface area contributed by atoms with Gasteiger partial charge in [0.1, 0.15) is 0 Å². The molecule has 0 bridgehead atoms. The molecule has 0 atom stereocenters. The molecule has 1 N–H and O–H groups in total. The first-order chi connectivity index (χ1) is 12.4. The Hall–Kier alpha value is -2.14. The molecule has 1 fully saturated rings. The summed E-state index contributed by atoms with van der Waals surface area (Å²) in [7, 11) is 4.25. The molecule has 0 aliphatic heterocycles. The molecule has 1 aromatic heterocycles. The zero-order valence-electron chi connectivity index (χ0n) is 16.4. The molecule has 5 heteroatoms. The Morgan fingerprint density at radius 1 is 1.15 bits per heavy atom. The van der Waals surface area contributed by atoms with Crippen LogP contribution in [0.5, 0.6) is 0 Å². The Balaban J connectivity index is 1.67. The van der Waals surface area contributed by atoms with Crippen LogP contribution in [0.1, 0.15) is 53.8 Å². The van der Waals surface area contributed by atoms with Crippen LogP contribution in [-0.2, 0) is 0 Å². The Kier molecular flexibility index (Phi) is 5.47. The second-order valence-corrected chi connectivity index (χ2v) is 7.75. The van der Waals surface area contributed by atoms with E-state index in [1.54, 1.807) is 0 Å². The van der Waals surface area contributed by atoms with Crippen LogP contribution in [0, 0.1) is 13.8 Å². The van der Waals surface area contributed by atoms with Gasteiger partial charge in [0.25, 0.3) is 5.91 Å². The largest absolute Gasteiger partial charge is 0.350 e. The molecular formula is C21H30N4O. The van der Waals surface area contributed by atoms with Gasteiger partial charge >= 0.3 is 0 Å². The highest BCUT2D eigenvalue weighted by Gasteiger charge is 2.34. The third kappa shape index (κ3) is 3.83. The number of rotatable bonds is 5. The molecule has 1 saturated carbocycles. The number of carbonyl (C=O) groups is 1. The fourth-order valence-electron chi connectivity index (χ4n) is 3.98. The number of aryl methyl sites for hydroxylation is 2. The SMILES string of the molecule is Cc1cc(C)n(-c2ccc(C(=O)NCC3(N(C)C)CCCCC3)cc2)n1. The Labute approximate surface area is 156 Å². The number of hydrogen-bond donors (Lipinski definition) is 1. The number of hydrogen-bond acceptors (Lipinski definition) is 3. The minimum atomic E-state index is -0.00304. The molecular weight excluding hydrogens is 324 g/mol. The maximum atomic E-state index is 12.6. The third-order valence-electron chi connectivity index (χ3n) is 5.69. The van der Waals surface area contributed by atoms with Gasteiger partial charge in [-0.25, -0.2) is 4.68 Å². The van der Waals surface area contributed by atoms with Crippen LogP contribution in [0.3, 0.4) is 0 Å². The summed E-state index contributed by atoms with van der Waals surface area (Å²) < 4.78 is 1.90. The van der Waals surface area contributed by atoms with E-state index in [0.717, 1.165) is 29.9 Å². The first-order valence-electron chi connectivity index (χ1n) is 9.51. The van der Waals surface area contributed by atoms with Crippen molar-refractivity contribution < 1.29 is 4.79 Å². The van der Waals surface area contributed by atoms with Gasteiger partial charge in [-0.2, -0.15) is 5.10 Å². The smallest absolute Gasteiger partial charge is 0.251 e. The molecule has 1 aliphatic rings. The Morgan fingerprint density at radius 3 is 2.35 bits per heavy atom. The molecule has 26 heavy (non-hydrogen) atoms. The van der Waals surface area contributed by atoms with Gasteiger partial charge in [-0.05, 0) is 71.1 Å². The molecule has 1 aliphatic carbocycles. The van der Waals surface area contributed by atoms with Crippen molar-refractivity contribution >= 4 is 5.91 Å². The second kappa shape index (κ2) is 7.62. The van der Waals surface area contributed by atoms with Crippen molar-refractivity contribution in [1.82, 2.24) is 20.0 Å². The van der Waals surface area contributed by atoms with Crippen LogP contribution in [0.25, 0.3) is 5.69 Å². The number of aromatic nitrogens is 2. The summed E-state index contributed by atoms with van der Waals surface area (Å²) in [4.78, 5) is 14.9. The number of amides is 1. The summed E-state index contributed by atoms with van der Waals surface area (Å²) in [6.07, 6.45) is 6.09. The molecule has 2 aromatic rings. The van der Waals surface area contributed by atoms with Gasteiger partial charge in [0.15, 0.2) is 0 Å². The van der Waals surface area contributed by atoms with E-state index in [2.05, 4.69) is 29.4 Å². The van der Waals surface area contributed by atoms with Crippen LogP contribution in [0.2, 0.25) is 0 Å². The van der Waals surface area contributed by atoms with Gasteiger partial charge in [-0.15, -0.1) is 0 Å². The van der Waals surface area contributed by atoms with E-state index in [-0.39, 0.29) is 11.4 Å². The van der Waals surface area contributed by atoms with E-state index in [0.29, 0.717) is 12.1 Å². The van der Waals surface area contributed by atoms with Crippen molar-refractivity contribution in [3.63, 3.8) is 0 Å². The highest BCUT2D eigenvalue weighted by molar-refractivity contribution is 5.94. The number of nitrogens with one attached hydrogen (secondary N) is 1. The lowest BCUT2D eigenvalue weighted by molar-refractivity contribution is 0.0799. The number of nitrogens with zero attached hydrogens (tertiary/aromatic N) is 3. The standard InChI is InChI=1S/C21H30N4O/c1-16-14-17(2)25(23-16)19-10-8-18(9-11-19)20(26)22-15-21(24(3)4)12-6-5-7-13-21/h8-11,14H,5-7,12-13,15H2,1-4H3,(H,22,26). The maximum Gasteiger partial charge on any atom is 0.251 e. The van der Waals surface area contributed by atoms with Gasteiger partial charge in [0.2, 0.25) is 0 Å². The summed E-state index contributed by atoms with van der Waals surface area (Å²) in [5.41, 5.74) is 3.84. The first-order valence-corrected chi connectivity index (χ1v) is 9.51. The van der Waals surface area contributed by atoms with E-state index in [1.807, 2.05) is 48.9 Å². The molecule has 3 rings (SSSR count). The fraction of sp³-hybridized carbons (Fsp3) is 0.524. The lowest BCUT2D eigenvalue weighted by atomic mass is 9.80. The van der Waals surface area contributed by atoms with E-state index in [1.165, 1.54) is 19.3 Å². The third-order valence-corrected chi connectivity index (χ3v) is 5.69. The van der Waals surface area contributed by atoms with Crippen LogP contribution < -0.4 is 5.32 Å². The predicted molar refractivity (Wildman–Crippen MR) is 105 cm³/mol. The topological polar surface area (TPSA) is 50.2 Å². The Bertz CT molecular complexity index is 755. The molecule has 0 radical (unpaired) electrons. The molecule has 140 valence electrons. The number of benzene rings is 1. The summed E-state index contributed by atoms with van der Waals surface area (Å²) in [5, 5.41) is 7.65. The van der Waals surface area contributed by atoms with Crippen molar-refractivity contribution in [2.24, 2.45) is 0 Å². The second-order valence-electron chi connectivity index (χ2n) is 7.75. The minimum Gasteiger partial charge on any atom is -0.350 e. The molecule has 0 unspecified atom stereocenters. The lowest BCUT2D eigenvalue weighted by Gasteiger charge is -2.43. The van der Waals surface area contributed by atoms with Crippen molar-refractivity contribution in [3.8, 4) is 5.69 Å². The Morgan fingerprint density at radius 2 is 1.81 bits per heavy atom. The zero-order chi connectivity index (χ0) is 18.7. The van der Waals surface area contributed by atoms with Crippen molar-refractivity contribution in [3.05, 3.63) is 47.3 Å². The molecule has 1 aromatic carbocycles. The fourth-order valence-corrected chi connectivity index (χ4v) is 3.98. The van der Waals surface area contributed by atoms with E-state index >= 15 is 0 Å². The summed E-state index contributed by atoms with van der Waals surface area (Å²) in [6, 6.07) is 9.72. The summed E-state index contributed by atoms with van der Waals surface area (Å²) >= 11 is 0. The monoisotopic (exact) mass is 354 g/mol. The van der Waals surface area contributed by atoms with Crippen molar-refractivity contribution in [2.45, 2.75) is 51.5 Å². The van der Waals surface area contributed by atoms with Gasteiger partial charge in [0.05, 0.1) is 11.4 Å². The predicted octanol–water partition coefficient (Wildman–Crippen LogP) is 3.48. The molecule has 0 spiro atoms. The summed E-state index contributed by atoms with van der Waals surface area (Å²) in [6.45, 7) is 4.72. The average molecular weight is 354 g/mol. The van der Waals surface area contributed by atoms with Crippen LogP contribution in [0.4, 0.5) is 0 Å². The molecule has 0 saturated heterocycles. The van der Waals surface area contributed by atoms with E-state index in [4.69, 9.17) is 0 Å². The van der Waals surface area contributed by atoms with Crippen LogP contribution in [0.15, 0.2) is 30.3 Å². The lowest BCUT2D eigenvalue weighted by Crippen LogP contribution is -2.53. The van der Waals surface area contributed by atoms with Gasteiger partial charge in [-0.3, -0.25) is 4.79 Å². The van der Waals surface area contributed by atoms with Crippen LogP contribution >= 0.6 is 0 Å². The highest BCUT2D eigenvalue weighted by atomic mass is 16.1. The highest BCUT2D eigenvalue weighted by Crippen LogP contribution is 2.31. The summed E-state index contributed by atoms with van der Waals surface area (Å²) in [5.74, 6) is -0.00304. The quantitative estimate of drug-likeness (QED) is 0.894. The van der Waals surface area contributed by atoms with Gasteiger partial charge < -0.3 is 10.2 Å². The number of carbonyl (C=O) groups excluding carboxylic acids is 1. The molecule has 5 nitrogen and oxygen atoms in total. The van der Waals surface area contributed by atoms with E-state index < -0.39 is 0 Å². The molecule has 1 heterocycles. The van der Waals surface area contributed by atoms with E-state index in [9.17, 15) is 4.79 Å². The maximum absolute atomic E-state index is 12.6. The molecule has 1 amide bonds. The average Bonchev–Trinajstić information content (AvgIpc) is 2.98. The minimum absolute atomic E-state index is 0.00304. The van der Waals surface area contributed by atoms with Crippen LogP contribution in [-0.4, -0.2) is 46.8 Å². The zero-order valence-corrected chi connectivity index (χ0v) is 16.4. The first kappa shape index (κ1) is 18.6. The normalized spacial score (nSPS) is 16.7. The number of likely N-dealkylation sites (N-methyl/N-ethyl adjacent to an activating group) is 1. The van der Waals surface area contributed by atoms with Crippen molar-refractivity contribution in [1.29, 1.82) is 0 Å². The van der Waals surface area contributed by atoms with Crippen molar-refractivity contribution in [2.75, 3.05) is 20.6 Å².